The molecule has 1 aromatic rings. The first-order chi connectivity index (χ1) is 8.08. The van der Waals surface area contributed by atoms with E-state index in [1.165, 1.54) is 0 Å². The molecule has 18 heavy (non-hydrogen) atoms. The number of carboxylic acid groups (broad SMARTS) is 1. The van der Waals surface area contributed by atoms with Gasteiger partial charge >= 0.3 is 12.3 Å². The van der Waals surface area contributed by atoms with Crippen molar-refractivity contribution in [3.63, 3.8) is 0 Å². The molecule has 1 aromatic carbocycles. The van der Waals surface area contributed by atoms with Gasteiger partial charge in [0.1, 0.15) is 0 Å². The maximum absolute atomic E-state index is 12.7. The minimum Gasteiger partial charge on any atom is -0.478 e. The predicted molar refractivity (Wildman–Crippen MR) is 49.6 cm³/mol. The number of aromatic carboxylic acids is 1. The van der Waals surface area contributed by atoms with Crippen LogP contribution in [0.2, 0.25) is 0 Å². The van der Waals surface area contributed by atoms with Crippen molar-refractivity contribution < 1.29 is 36.0 Å². The summed E-state index contributed by atoms with van der Waals surface area (Å²) in [7, 11) is -5.61. The van der Waals surface area contributed by atoms with E-state index >= 15 is 0 Å². The Bertz CT molecular complexity index is 569. The molecule has 0 aliphatic carbocycles. The van der Waals surface area contributed by atoms with E-state index in [1.807, 2.05) is 0 Å². The fraction of sp³-hybridized carbons (Fsp3) is 0.125. The summed E-state index contributed by atoms with van der Waals surface area (Å²) in [6, 6.07) is 3.39. The normalized spacial score (nSPS) is 12.7. The van der Waals surface area contributed by atoms with Crippen molar-refractivity contribution in [2.24, 2.45) is 0 Å². The SMILES string of the molecule is O=C(O)c1ccccc1S(=O)(=O)N(F)C(F)(F)F. The first kappa shape index (κ1) is 14.4. The van der Waals surface area contributed by atoms with Crippen LogP contribution >= 0.6 is 0 Å². The van der Waals surface area contributed by atoms with Crippen molar-refractivity contribution in [2.75, 3.05) is 0 Å². The van der Waals surface area contributed by atoms with Crippen molar-refractivity contribution in [3.8, 4) is 0 Å². The highest BCUT2D eigenvalue weighted by Crippen LogP contribution is 2.30. The van der Waals surface area contributed by atoms with Gasteiger partial charge in [0.05, 0.1) is 15.0 Å². The number of alkyl halides is 3. The fourth-order valence-electron chi connectivity index (χ4n) is 1.09. The van der Waals surface area contributed by atoms with Crippen molar-refractivity contribution in [3.05, 3.63) is 29.8 Å². The molecule has 0 bridgehead atoms. The number of halogens is 4. The summed E-state index contributed by atoms with van der Waals surface area (Å²) in [6.07, 6.45) is -5.79. The number of hydrogen-bond donors (Lipinski definition) is 1. The van der Waals surface area contributed by atoms with Gasteiger partial charge in [0, 0.05) is 0 Å². The number of carboxylic acids is 1. The van der Waals surface area contributed by atoms with Gasteiger partial charge in [-0.2, -0.15) is 13.2 Å². The molecule has 0 saturated carbocycles. The van der Waals surface area contributed by atoms with Crippen LogP contribution in [0.25, 0.3) is 0 Å². The Morgan fingerprint density at radius 2 is 1.72 bits per heavy atom. The fourth-order valence-corrected chi connectivity index (χ4v) is 2.22. The lowest BCUT2D eigenvalue weighted by atomic mass is 10.2. The van der Waals surface area contributed by atoms with Crippen LogP contribution in [-0.2, 0) is 10.0 Å². The largest absolute Gasteiger partial charge is 0.501 e. The van der Waals surface area contributed by atoms with Gasteiger partial charge in [-0.1, -0.05) is 12.1 Å². The van der Waals surface area contributed by atoms with Crippen LogP contribution in [0.1, 0.15) is 10.4 Å². The van der Waals surface area contributed by atoms with Crippen molar-refractivity contribution in [1.82, 2.24) is 4.53 Å². The van der Waals surface area contributed by atoms with Gasteiger partial charge in [-0.15, -0.1) is 4.48 Å². The monoisotopic (exact) mass is 287 g/mol. The standard InChI is InChI=1S/C8H5F4NO4S/c9-8(10,11)13(12)18(16,17)6-4-2-1-3-5(6)7(14)15/h1-4H,(H,14,15). The lowest BCUT2D eigenvalue weighted by Gasteiger charge is -2.15. The summed E-state index contributed by atoms with van der Waals surface area (Å²) >= 11 is 0. The number of carbonyl (C=O) groups is 1. The van der Waals surface area contributed by atoms with Crippen molar-refractivity contribution in [2.45, 2.75) is 11.2 Å². The summed E-state index contributed by atoms with van der Waals surface area (Å²) in [6.45, 7) is 0. The second-order valence-electron chi connectivity index (χ2n) is 2.99. The van der Waals surface area contributed by atoms with E-state index in [0.29, 0.717) is 6.07 Å². The molecule has 0 saturated heterocycles. The Labute approximate surface area is 98.2 Å². The molecular weight excluding hydrogens is 282 g/mol. The number of rotatable bonds is 3. The van der Waals surface area contributed by atoms with Gasteiger partial charge in [0.15, 0.2) is 0 Å². The molecule has 1 rings (SSSR count). The number of hydrogen-bond acceptors (Lipinski definition) is 3. The van der Waals surface area contributed by atoms with Crippen LogP contribution in [0.3, 0.4) is 0 Å². The van der Waals surface area contributed by atoms with Crippen LogP contribution in [0, 0.1) is 0 Å². The van der Waals surface area contributed by atoms with Crippen molar-refractivity contribution >= 4 is 16.0 Å². The molecule has 0 aliphatic heterocycles. The van der Waals surface area contributed by atoms with Gasteiger partial charge in [-0.3, -0.25) is 0 Å². The zero-order valence-corrected chi connectivity index (χ0v) is 9.17. The van der Waals surface area contributed by atoms with E-state index < -0.39 is 37.3 Å². The van der Waals surface area contributed by atoms with Crippen LogP contribution in [0.15, 0.2) is 29.2 Å². The smallest absolute Gasteiger partial charge is 0.478 e. The molecular formula is C8H5F4NO4S. The van der Waals surface area contributed by atoms with Crippen LogP contribution in [0.4, 0.5) is 17.7 Å². The molecule has 1 N–H and O–H groups in total. The summed E-state index contributed by atoms with van der Waals surface area (Å²) in [5, 5.41) is 8.63. The second kappa shape index (κ2) is 4.53. The summed E-state index contributed by atoms with van der Waals surface area (Å²) in [5.41, 5.74) is -0.954. The van der Waals surface area contributed by atoms with Crippen LogP contribution in [-0.4, -0.2) is 30.3 Å². The number of benzene rings is 1. The highest BCUT2D eigenvalue weighted by Gasteiger charge is 2.48. The zero-order chi connectivity index (χ0) is 14.1. The molecule has 0 aromatic heterocycles. The molecule has 0 unspecified atom stereocenters. The molecule has 0 spiro atoms. The van der Waals surface area contributed by atoms with E-state index in [9.17, 15) is 30.9 Å². The Morgan fingerprint density at radius 3 is 2.17 bits per heavy atom. The van der Waals surface area contributed by atoms with Crippen molar-refractivity contribution in [1.29, 1.82) is 0 Å². The van der Waals surface area contributed by atoms with E-state index in [-0.39, 0.29) is 0 Å². The highest BCUT2D eigenvalue weighted by molar-refractivity contribution is 7.89. The molecule has 0 atom stereocenters. The van der Waals surface area contributed by atoms with Gasteiger partial charge in [-0.25, -0.2) is 13.2 Å². The van der Waals surface area contributed by atoms with E-state index in [4.69, 9.17) is 5.11 Å². The Balaban J connectivity index is 3.43. The van der Waals surface area contributed by atoms with Gasteiger partial charge in [0.25, 0.3) is 10.0 Å². The molecule has 0 heterocycles. The third-order valence-corrected chi connectivity index (χ3v) is 3.35. The summed E-state index contributed by atoms with van der Waals surface area (Å²) in [4.78, 5) is 9.37. The minimum absolute atomic E-state index is 0.567. The average Bonchev–Trinajstić information content (AvgIpc) is 2.26. The molecule has 10 heteroatoms. The molecule has 0 radical (unpaired) electrons. The zero-order valence-electron chi connectivity index (χ0n) is 8.35. The maximum atomic E-state index is 12.7. The maximum Gasteiger partial charge on any atom is 0.501 e. The first-order valence-electron chi connectivity index (χ1n) is 4.18. The van der Waals surface area contributed by atoms with E-state index in [2.05, 4.69) is 0 Å². The lowest BCUT2D eigenvalue weighted by Crippen LogP contribution is -2.36. The van der Waals surface area contributed by atoms with Crippen LogP contribution < -0.4 is 0 Å². The third-order valence-electron chi connectivity index (χ3n) is 1.81. The first-order valence-corrected chi connectivity index (χ1v) is 5.62. The number of nitrogens with zero attached hydrogens (tertiary/aromatic N) is 1. The summed E-state index contributed by atoms with van der Waals surface area (Å²) < 4.78 is 68.9. The molecule has 0 aliphatic rings. The van der Waals surface area contributed by atoms with Gasteiger partial charge in [0.2, 0.25) is 0 Å². The number of sulfonamides is 1. The molecule has 0 fully saturated rings. The van der Waals surface area contributed by atoms with E-state index in [1.54, 1.807) is 0 Å². The minimum atomic E-state index is -5.79. The molecule has 5 nitrogen and oxygen atoms in total. The van der Waals surface area contributed by atoms with Gasteiger partial charge in [-0.05, 0) is 12.1 Å². The van der Waals surface area contributed by atoms with E-state index in [0.717, 1.165) is 18.2 Å². The Kier molecular flexibility index (Phi) is 3.62. The highest BCUT2D eigenvalue weighted by atomic mass is 32.2. The topological polar surface area (TPSA) is 74.7 Å². The predicted octanol–water partition coefficient (Wildman–Crippen LogP) is 1.78. The Morgan fingerprint density at radius 1 is 1.22 bits per heavy atom. The average molecular weight is 287 g/mol. The molecule has 0 amide bonds. The quantitative estimate of drug-likeness (QED) is 0.522. The second-order valence-corrected chi connectivity index (χ2v) is 4.70. The third kappa shape index (κ3) is 2.59. The summed E-state index contributed by atoms with van der Waals surface area (Å²) in [5.74, 6) is -1.79. The Hall–Kier alpha value is -1.68. The van der Waals surface area contributed by atoms with Gasteiger partial charge < -0.3 is 5.11 Å². The molecule has 100 valence electrons. The van der Waals surface area contributed by atoms with Crippen LogP contribution in [0.5, 0.6) is 0 Å². The lowest BCUT2D eigenvalue weighted by molar-refractivity contribution is -0.266.